The van der Waals surface area contributed by atoms with E-state index in [1.54, 1.807) is 0 Å². The summed E-state index contributed by atoms with van der Waals surface area (Å²) in [6.07, 6.45) is 2.09. The largest absolute Gasteiger partial charge is 0.304 e. The van der Waals surface area contributed by atoms with Gasteiger partial charge >= 0.3 is 0 Å². The van der Waals surface area contributed by atoms with E-state index in [9.17, 15) is 0 Å². The molecule has 0 aliphatic heterocycles. The molecular weight excluding hydrogens is 222 g/mol. The summed E-state index contributed by atoms with van der Waals surface area (Å²) in [5, 5.41) is 0. The van der Waals surface area contributed by atoms with Crippen LogP contribution >= 0.6 is 0 Å². The predicted molar refractivity (Wildman–Crippen MR) is 78.4 cm³/mol. The number of nitrogens with two attached hydrogens (primary N) is 1. The van der Waals surface area contributed by atoms with Crippen LogP contribution in [0.25, 0.3) is 0 Å². The smallest absolute Gasteiger partial charge is 0.0263 e. The number of nitrogens with zero attached hydrogens (tertiary/aromatic N) is 1. The van der Waals surface area contributed by atoms with Crippen LogP contribution in [0.3, 0.4) is 0 Å². The normalized spacial score (nSPS) is 12.9. The standard InChI is InChI=1S/C15H27N3/c1-4-18(5-2)10-9-15(17-16)12-14-8-6-7-13(3)11-14/h6-8,11,15,17H,4-5,9-10,12,16H2,1-3H3. The van der Waals surface area contributed by atoms with E-state index in [-0.39, 0.29) is 0 Å². The number of aryl methyl sites for hydroxylation is 1. The second kappa shape index (κ2) is 8.25. The first-order valence-electron chi connectivity index (χ1n) is 6.93. The Morgan fingerprint density at radius 1 is 1.28 bits per heavy atom. The molecule has 102 valence electrons. The minimum absolute atomic E-state index is 0.354. The maximum atomic E-state index is 5.66. The van der Waals surface area contributed by atoms with Crippen molar-refractivity contribution in [1.82, 2.24) is 10.3 Å². The molecule has 3 N–H and O–H groups in total. The van der Waals surface area contributed by atoms with E-state index in [0.717, 1.165) is 32.5 Å². The summed E-state index contributed by atoms with van der Waals surface area (Å²) in [4.78, 5) is 2.43. The third-order valence-corrected chi connectivity index (χ3v) is 3.49. The molecule has 0 radical (unpaired) electrons. The molecule has 0 saturated carbocycles. The van der Waals surface area contributed by atoms with Crippen LogP contribution in [0.1, 0.15) is 31.4 Å². The Morgan fingerprint density at radius 3 is 2.56 bits per heavy atom. The Labute approximate surface area is 111 Å². The zero-order valence-electron chi connectivity index (χ0n) is 11.9. The van der Waals surface area contributed by atoms with Crippen molar-refractivity contribution in [3.05, 3.63) is 35.4 Å². The lowest BCUT2D eigenvalue weighted by molar-refractivity contribution is 0.281. The molecule has 1 aromatic carbocycles. The van der Waals surface area contributed by atoms with Gasteiger partial charge in [-0.15, -0.1) is 0 Å². The molecule has 0 bridgehead atoms. The molecule has 0 spiro atoms. The minimum Gasteiger partial charge on any atom is -0.304 e. The fraction of sp³-hybridized carbons (Fsp3) is 0.600. The first-order chi connectivity index (χ1) is 8.69. The summed E-state index contributed by atoms with van der Waals surface area (Å²) in [6, 6.07) is 9.01. The number of benzene rings is 1. The molecule has 1 rings (SSSR count). The van der Waals surface area contributed by atoms with Gasteiger partial charge in [-0.25, -0.2) is 0 Å². The highest BCUT2D eigenvalue weighted by Crippen LogP contribution is 2.09. The molecule has 0 aliphatic rings. The third kappa shape index (κ3) is 5.17. The first kappa shape index (κ1) is 15.2. The number of hydrazine groups is 1. The molecule has 0 aliphatic carbocycles. The fourth-order valence-electron chi connectivity index (χ4n) is 2.25. The van der Waals surface area contributed by atoms with Gasteiger partial charge in [0.15, 0.2) is 0 Å². The van der Waals surface area contributed by atoms with E-state index in [1.165, 1.54) is 11.1 Å². The van der Waals surface area contributed by atoms with Crippen LogP contribution in [0.15, 0.2) is 24.3 Å². The molecule has 0 saturated heterocycles. The summed E-state index contributed by atoms with van der Waals surface area (Å²) in [5.74, 6) is 5.66. The highest BCUT2D eigenvalue weighted by atomic mass is 15.2. The zero-order chi connectivity index (χ0) is 13.4. The molecule has 0 fully saturated rings. The second-order valence-corrected chi connectivity index (χ2v) is 4.87. The van der Waals surface area contributed by atoms with Crippen LogP contribution in [0.2, 0.25) is 0 Å². The lowest BCUT2D eigenvalue weighted by atomic mass is 10.0. The van der Waals surface area contributed by atoms with Gasteiger partial charge in [0.25, 0.3) is 0 Å². The molecule has 0 aromatic heterocycles. The Morgan fingerprint density at radius 2 is 2.00 bits per heavy atom. The summed E-state index contributed by atoms with van der Waals surface area (Å²) in [5.41, 5.74) is 5.62. The number of hydrogen-bond donors (Lipinski definition) is 2. The topological polar surface area (TPSA) is 41.3 Å². The van der Waals surface area contributed by atoms with Crippen molar-refractivity contribution in [2.45, 2.75) is 39.7 Å². The highest BCUT2D eigenvalue weighted by Gasteiger charge is 2.09. The molecule has 1 atom stereocenters. The molecule has 3 heteroatoms. The van der Waals surface area contributed by atoms with Crippen LogP contribution in [-0.4, -0.2) is 30.6 Å². The average molecular weight is 249 g/mol. The first-order valence-corrected chi connectivity index (χ1v) is 6.93. The summed E-state index contributed by atoms with van der Waals surface area (Å²) < 4.78 is 0. The van der Waals surface area contributed by atoms with Crippen molar-refractivity contribution >= 4 is 0 Å². The van der Waals surface area contributed by atoms with Crippen molar-refractivity contribution in [2.75, 3.05) is 19.6 Å². The fourth-order valence-corrected chi connectivity index (χ4v) is 2.25. The monoisotopic (exact) mass is 249 g/mol. The maximum absolute atomic E-state index is 5.66. The Balaban J connectivity index is 2.46. The van der Waals surface area contributed by atoms with E-state index in [0.29, 0.717) is 6.04 Å². The minimum atomic E-state index is 0.354. The SMILES string of the molecule is CCN(CC)CCC(Cc1cccc(C)c1)NN. The molecule has 1 unspecified atom stereocenters. The Bertz CT molecular complexity index is 334. The van der Waals surface area contributed by atoms with E-state index in [1.807, 2.05) is 0 Å². The van der Waals surface area contributed by atoms with Crippen LogP contribution in [-0.2, 0) is 6.42 Å². The number of rotatable bonds is 8. The van der Waals surface area contributed by atoms with Gasteiger partial charge < -0.3 is 4.90 Å². The van der Waals surface area contributed by atoms with Crippen LogP contribution in [0, 0.1) is 6.92 Å². The van der Waals surface area contributed by atoms with E-state index in [4.69, 9.17) is 5.84 Å². The molecule has 18 heavy (non-hydrogen) atoms. The zero-order valence-corrected chi connectivity index (χ0v) is 11.9. The summed E-state index contributed by atoms with van der Waals surface area (Å²) in [6.45, 7) is 9.86. The Hall–Kier alpha value is -0.900. The third-order valence-electron chi connectivity index (χ3n) is 3.49. The van der Waals surface area contributed by atoms with E-state index < -0.39 is 0 Å². The van der Waals surface area contributed by atoms with Gasteiger partial charge in [-0.05, 0) is 45.0 Å². The van der Waals surface area contributed by atoms with Crippen molar-refractivity contribution in [3.63, 3.8) is 0 Å². The predicted octanol–water partition coefficient (Wildman–Crippen LogP) is 2.10. The second-order valence-electron chi connectivity index (χ2n) is 4.87. The van der Waals surface area contributed by atoms with Gasteiger partial charge in [-0.3, -0.25) is 11.3 Å². The van der Waals surface area contributed by atoms with E-state index >= 15 is 0 Å². The molecule has 3 nitrogen and oxygen atoms in total. The molecular formula is C15H27N3. The molecule has 0 amide bonds. The van der Waals surface area contributed by atoms with Crippen LogP contribution in [0.4, 0.5) is 0 Å². The average Bonchev–Trinajstić information content (AvgIpc) is 2.38. The van der Waals surface area contributed by atoms with Crippen molar-refractivity contribution in [2.24, 2.45) is 5.84 Å². The van der Waals surface area contributed by atoms with Crippen molar-refractivity contribution < 1.29 is 0 Å². The maximum Gasteiger partial charge on any atom is 0.0263 e. The quantitative estimate of drug-likeness (QED) is 0.547. The van der Waals surface area contributed by atoms with Gasteiger partial charge in [0, 0.05) is 6.04 Å². The number of hydrogen-bond acceptors (Lipinski definition) is 3. The van der Waals surface area contributed by atoms with Crippen LogP contribution in [0.5, 0.6) is 0 Å². The summed E-state index contributed by atoms with van der Waals surface area (Å²) in [7, 11) is 0. The molecule has 1 aromatic rings. The lowest BCUT2D eigenvalue weighted by Crippen LogP contribution is -2.39. The summed E-state index contributed by atoms with van der Waals surface area (Å²) >= 11 is 0. The lowest BCUT2D eigenvalue weighted by Gasteiger charge is -2.22. The van der Waals surface area contributed by atoms with E-state index in [2.05, 4.69) is 55.4 Å². The van der Waals surface area contributed by atoms with Crippen molar-refractivity contribution in [3.8, 4) is 0 Å². The van der Waals surface area contributed by atoms with Gasteiger partial charge in [-0.2, -0.15) is 0 Å². The van der Waals surface area contributed by atoms with Crippen LogP contribution < -0.4 is 11.3 Å². The van der Waals surface area contributed by atoms with Gasteiger partial charge in [0.1, 0.15) is 0 Å². The highest BCUT2D eigenvalue weighted by molar-refractivity contribution is 5.22. The van der Waals surface area contributed by atoms with Gasteiger partial charge in [0.2, 0.25) is 0 Å². The number of nitrogens with one attached hydrogen (secondary N) is 1. The van der Waals surface area contributed by atoms with Crippen molar-refractivity contribution in [1.29, 1.82) is 0 Å². The van der Waals surface area contributed by atoms with Gasteiger partial charge in [0.05, 0.1) is 0 Å². The Kier molecular flexibility index (Phi) is 6.94. The molecule has 0 heterocycles. The van der Waals surface area contributed by atoms with Gasteiger partial charge in [-0.1, -0.05) is 43.7 Å².